The molecule has 0 aromatic carbocycles. The number of carbonyl (C=O) groups excluding carboxylic acids is 1. The Labute approximate surface area is 110 Å². The highest BCUT2D eigenvalue weighted by Gasteiger charge is 2.17. The van der Waals surface area contributed by atoms with Gasteiger partial charge in [0.15, 0.2) is 0 Å². The van der Waals surface area contributed by atoms with Crippen molar-refractivity contribution in [3.63, 3.8) is 0 Å². The van der Waals surface area contributed by atoms with Crippen LogP contribution in [-0.4, -0.2) is 39.5 Å². The molecule has 1 fully saturated rings. The molecule has 2 rings (SSSR count). The highest BCUT2D eigenvalue weighted by molar-refractivity contribution is 5.87. The summed E-state index contributed by atoms with van der Waals surface area (Å²) < 4.78 is 1.28. The molecular formula is C13H16N2O4. The molecule has 0 bridgehead atoms. The average Bonchev–Trinajstić information content (AvgIpc) is 2.91. The third kappa shape index (κ3) is 3.21. The Morgan fingerprint density at radius 3 is 2.53 bits per heavy atom. The van der Waals surface area contributed by atoms with Gasteiger partial charge in [-0.15, -0.1) is 0 Å². The number of carboxylic acid groups (broad SMARTS) is 1. The molecule has 0 radical (unpaired) electrons. The third-order valence-electron chi connectivity index (χ3n) is 3.26. The van der Waals surface area contributed by atoms with Crippen molar-refractivity contribution in [3.8, 4) is 0 Å². The molecule has 2 heterocycles. The van der Waals surface area contributed by atoms with Gasteiger partial charge in [0.1, 0.15) is 0 Å². The van der Waals surface area contributed by atoms with Gasteiger partial charge in [0.2, 0.25) is 5.91 Å². The van der Waals surface area contributed by atoms with E-state index in [9.17, 15) is 14.4 Å². The van der Waals surface area contributed by atoms with Gasteiger partial charge in [-0.3, -0.25) is 9.59 Å². The molecular weight excluding hydrogens is 248 g/mol. The SMILES string of the molecule is O=C(O)c1ccc(=O)n(CCC(=O)N2CCCC2)c1. The van der Waals surface area contributed by atoms with E-state index in [-0.39, 0.29) is 30.0 Å². The number of nitrogens with zero attached hydrogens (tertiary/aromatic N) is 2. The lowest BCUT2D eigenvalue weighted by molar-refractivity contribution is -0.130. The monoisotopic (exact) mass is 264 g/mol. The summed E-state index contributed by atoms with van der Waals surface area (Å²) in [6.07, 6.45) is 3.56. The summed E-state index contributed by atoms with van der Waals surface area (Å²) in [5.41, 5.74) is -0.243. The Hall–Kier alpha value is -2.11. The van der Waals surface area contributed by atoms with Gasteiger partial charge in [-0.25, -0.2) is 4.79 Å². The standard InChI is InChI=1S/C13H16N2O4/c16-11-4-3-10(13(18)19)9-15(11)8-5-12(17)14-6-1-2-7-14/h3-4,9H,1-2,5-8H2,(H,18,19). The Bertz CT molecular complexity index is 544. The zero-order chi connectivity index (χ0) is 13.8. The second-order valence-electron chi connectivity index (χ2n) is 4.59. The fourth-order valence-electron chi connectivity index (χ4n) is 2.17. The Morgan fingerprint density at radius 1 is 1.21 bits per heavy atom. The number of carboxylic acids is 1. The van der Waals surface area contributed by atoms with Crippen molar-refractivity contribution < 1.29 is 14.7 Å². The smallest absolute Gasteiger partial charge is 0.337 e. The fourth-order valence-corrected chi connectivity index (χ4v) is 2.17. The minimum atomic E-state index is -1.08. The molecule has 0 saturated carbocycles. The first kappa shape index (κ1) is 13.3. The largest absolute Gasteiger partial charge is 0.478 e. The lowest BCUT2D eigenvalue weighted by atomic mass is 10.2. The minimum Gasteiger partial charge on any atom is -0.478 e. The highest BCUT2D eigenvalue weighted by atomic mass is 16.4. The van der Waals surface area contributed by atoms with Gasteiger partial charge < -0.3 is 14.6 Å². The number of aromatic carboxylic acids is 1. The second kappa shape index (κ2) is 5.69. The molecule has 1 amide bonds. The Kier molecular flexibility index (Phi) is 3.99. The zero-order valence-electron chi connectivity index (χ0n) is 10.5. The summed E-state index contributed by atoms with van der Waals surface area (Å²) in [7, 11) is 0. The predicted molar refractivity (Wildman–Crippen MR) is 68.1 cm³/mol. The van der Waals surface area contributed by atoms with Gasteiger partial charge >= 0.3 is 5.97 Å². The topological polar surface area (TPSA) is 79.6 Å². The number of amides is 1. The second-order valence-corrected chi connectivity index (χ2v) is 4.59. The van der Waals surface area contributed by atoms with Crippen molar-refractivity contribution in [1.29, 1.82) is 0 Å². The van der Waals surface area contributed by atoms with Crippen LogP contribution < -0.4 is 5.56 Å². The normalized spacial score (nSPS) is 14.6. The molecule has 6 heteroatoms. The van der Waals surface area contributed by atoms with E-state index in [1.165, 1.54) is 22.9 Å². The van der Waals surface area contributed by atoms with Crippen LogP contribution >= 0.6 is 0 Å². The first-order valence-electron chi connectivity index (χ1n) is 6.29. The van der Waals surface area contributed by atoms with Crippen LogP contribution in [0.2, 0.25) is 0 Å². The van der Waals surface area contributed by atoms with Crippen molar-refractivity contribution in [2.45, 2.75) is 25.8 Å². The molecule has 1 aromatic rings. The van der Waals surface area contributed by atoms with Gasteiger partial charge in [-0.05, 0) is 18.9 Å². The van der Waals surface area contributed by atoms with Crippen molar-refractivity contribution in [1.82, 2.24) is 9.47 Å². The van der Waals surface area contributed by atoms with Crippen LogP contribution in [0.1, 0.15) is 29.6 Å². The molecule has 1 N–H and O–H groups in total. The molecule has 19 heavy (non-hydrogen) atoms. The molecule has 0 unspecified atom stereocenters. The molecule has 0 aliphatic carbocycles. The van der Waals surface area contributed by atoms with E-state index in [1.807, 2.05) is 0 Å². The van der Waals surface area contributed by atoms with Crippen LogP contribution in [0.15, 0.2) is 23.1 Å². The molecule has 0 spiro atoms. The molecule has 6 nitrogen and oxygen atoms in total. The third-order valence-corrected chi connectivity index (χ3v) is 3.26. The quantitative estimate of drug-likeness (QED) is 0.861. The predicted octanol–water partition coefficient (Wildman–Crippen LogP) is 0.559. The van der Waals surface area contributed by atoms with E-state index in [0.717, 1.165) is 25.9 Å². The Morgan fingerprint density at radius 2 is 1.89 bits per heavy atom. The van der Waals surface area contributed by atoms with Gasteiger partial charge in [0.05, 0.1) is 5.56 Å². The summed E-state index contributed by atoms with van der Waals surface area (Å²) in [5.74, 6) is -1.07. The number of aryl methyl sites for hydroxylation is 1. The number of aromatic nitrogens is 1. The molecule has 1 aromatic heterocycles. The van der Waals surface area contributed by atoms with Crippen LogP contribution in [-0.2, 0) is 11.3 Å². The van der Waals surface area contributed by atoms with Gasteiger partial charge in [-0.1, -0.05) is 0 Å². The van der Waals surface area contributed by atoms with E-state index < -0.39 is 5.97 Å². The van der Waals surface area contributed by atoms with Crippen LogP contribution in [0, 0.1) is 0 Å². The van der Waals surface area contributed by atoms with Crippen molar-refractivity contribution in [3.05, 3.63) is 34.2 Å². The summed E-state index contributed by atoms with van der Waals surface area (Å²) in [6, 6.07) is 2.48. The number of rotatable bonds is 4. The van der Waals surface area contributed by atoms with Gasteiger partial charge in [0.25, 0.3) is 5.56 Å². The van der Waals surface area contributed by atoms with Gasteiger partial charge in [0, 0.05) is 38.3 Å². The van der Waals surface area contributed by atoms with Crippen molar-refractivity contribution >= 4 is 11.9 Å². The van der Waals surface area contributed by atoms with Gasteiger partial charge in [-0.2, -0.15) is 0 Å². The first-order valence-corrected chi connectivity index (χ1v) is 6.29. The number of hydrogen-bond donors (Lipinski definition) is 1. The lowest BCUT2D eigenvalue weighted by Crippen LogP contribution is -2.30. The highest BCUT2D eigenvalue weighted by Crippen LogP contribution is 2.09. The van der Waals surface area contributed by atoms with Crippen LogP contribution in [0.5, 0.6) is 0 Å². The van der Waals surface area contributed by atoms with Crippen molar-refractivity contribution in [2.75, 3.05) is 13.1 Å². The maximum atomic E-state index is 11.8. The number of carbonyl (C=O) groups is 2. The van der Waals surface area contributed by atoms with Crippen molar-refractivity contribution in [2.24, 2.45) is 0 Å². The Balaban J connectivity index is 2.02. The zero-order valence-corrected chi connectivity index (χ0v) is 10.5. The number of hydrogen-bond acceptors (Lipinski definition) is 3. The minimum absolute atomic E-state index is 0.0186. The van der Waals surface area contributed by atoms with Crippen LogP contribution in [0.3, 0.4) is 0 Å². The number of likely N-dealkylation sites (tertiary alicyclic amines) is 1. The van der Waals surface area contributed by atoms with E-state index in [1.54, 1.807) is 4.90 Å². The van der Waals surface area contributed by atoms with Crippen LogP contribution in [0.25, 0.3) is 0 Å². The number of pyridine rings is 1. The summed E-state index contributed by atoms with van der Waals surface area (Å²) in [5, 5.41) is 8.86. The van der Waals surface area contributed by atoms with E-state index in [4.69, 9.17) is 5.11 Å². The molecule has 1 saturated heterocycles. The average molecular weight is 264 g/mol. The lowest BCUT2D eigenvalue weighted by Gasteiger charge is -2.15. The van der Waals surface area contributed by atoms with E-state index >= 15 is 0 Å². The van der Waals surface area contributed by atoms with E-state index in [2.05, 4.69) is 0 Å². The first-order chi connectivity index (χ1) is 9.08. The van der Waals surface area contributed by atoms with E-state index in [0.29, 0.717) is 0 Å². The van der Waals surface area contributed by atoms with Crippen LogP contribution in [0.4, 0.5) is 0 Å². The summed E-state index contributed by atoms with van der Waals surface area (Å²) >= 11 is 0. The summed E-state index contributed by atoms with van der Waals surface area (Å²) in [6.45, 7) is 1.78. The molecule has 1 aliphatic rings. The summed E-state index contributed by atoms with van der Waals surface area (Å²) in [4.78, 5) is 36.0. The molecule has 102 valence electrons. The fraction of sp³-hybridized carbons (Fsp3) is 0.462. The maximum Gasteiger partial charge on any atom is 0.337 e. The molecule has 0 atom stereocenters. The molecule has 1 aliphatic heterocycles. The maximum absolute atomic E-state index is 11.8.